The van der Waals surface area contributed by atoms with Gasteiger partial charge in [0.15, 0.2) is 0 Å². The molecule has 2 aromatic rings. The third-order valence-corrected chi connectivity index (χ3v) is 3.19. The Balaban J connectivity index is 0.000000289. The summed E-state index contributed by atoms with van der Waals surface area (Å²) in [7, 11) is 0. The van der Waals surface area contributed by atoms with E-state index in [0.29, 0.717) is 9.99 Å². The summed E-state index contributed by atoms with van der Waals surface area (Å²) in [6.07, 6.45) is 0. The molecule has 0 bridgehead atoms. The van der Waals surface area contributed by atoms with Gasteiger partial charge in [-0.1, -0.05) is 58.6 Å². The molecule has 2 rings (SSSR count). The van der Waals surface area contributed by atoms with Gasteiger partial charge < -0.3 is 5.11 Å². The molecule has 0 aliphatic rings. The van der Waals surface area contributed by atoms with E-state index in [9.17, 15) is 0 Å². The number of hydrogen-bond donors (Lipinski definition) is 1. The highest BCUT2D eigenvalue weighted by Gasteiger charge is 1.89. The highest BCUT2D eigenvalue weighted by Crippen LogP contribution is 2.07. The van der Waals surface area contributed by atoms with Gasteiger partial charge in [-0.2, -0.15) is 0 Å². The van der Waals surface area contributed by atoms with Gasteiger partial charge >= 0.3 is 0 Å². The molecule has 112 valence electrons. The molecule has 0 fully saturated rings. The van der Waals surface area contributed by atoms with Gasteiger partial charge in [-0.15, -0.1) is 11.8 Å². The SMILES string of the molecule is CC#Cc1ccc(CO)cc1.[2H]CC#Cc1c([2H])c([2H])c(CI)c([2H])c1[2H]. The summed E-state index contributed by atoms with van der Waals surface area (Å²) in [6, 6.07) is 7.25. The predicted octanol–water partition coefficient (Wildman–Crippen LogP) is 4.54. The van der Waals surface area contributed by atoms with Crippen LogP contribution in [0.5, 0.6) is 0 Å². The number of halogens is 1. The van der Waals surface area contributed by atoms with Crippen LogP contribution in [-0.4, -0.2) is 5.11 Å². The Bertz CT molecular complexity index is 873. The van der Waals surface area contributed by atoms with Crippen LogP contribution in [0.2, 0.25) is 0 Å². The van der Waals surface area contributed by atoms with Crippen LogP contribution < -0.4 is 0 Å². The van der Waals surface area contributed by atoms with E-state index in [0.717, 1.165) is 11.1 Å². The first-order valence-electron chi connectivity index (χ1n) is 9.17. The van der Waals surface area contributed by atoms with Crippen LogP contribution in [0.15, 0.2) is 48.4 Å². The molecule has 1 N–H and O–H groups in total. The van der Waals surface area contributed by atoms with Gasteiger partial charge in [0.2, 0.25) is 0 Å². The Hall–Kier alpha value is -1.75. The Morgan fingerprint density at radius 2 is 1.64 bits per heavy atom. The molecule has 0 unspecified atom stereocenters. The fraction of sp³-hybridized carbons (Fsp3) is 0.200. The van der Waals surface area contributed by atoms with Crippen LogP contribution >= 0.6 is 22.6 Å². The molecule has 0 atom stereocenters. The van der Waals surface area contributed by atoms with Gasteiger partial charge in [-0.05, 0) is 49.2 Å². The lowest BCUT2D eigenvalue weighted by atomic mass is 10.1. The zero-order valence-corrected chi connectivity index (χ0v) is 14.4. The average molecular weight is 407 g/mol. The molecule has 2 aromatic carbocycles. The zero-order valence-electron chi connectivity index (χ0n) is 17.3. The first kappa shape index (κ1) is 11.8. The van der Waals surface area contributed by atoms with Crippen molar-refractivity contribution in [1.29, 1.82) is 0 Å². The van der Waals surface area contributed by atoms with Crippen LogP contribution in [0.3, 0.4) is 0 Å². The second-order valence-corrected chi connectivity index (χ2v) is 4.78. The summed E-state index contributed by atoms with van der Waals surface area (Å²) in [5, 5.41) is 8.72. The third kappa shape index (κ3) is 6.80. The molecular formula is C20H19IO. The van der Waals surface area contributed by atoms with E-state index in [1.165, 1.54) is 0 Å². The topological polar surface area (TPSA) is 20.2 Å². The second-order valence-electron chi connectivity index (χ2n) is 4.02. The third-order valence-electron chi connectivity index (χ3n) is 2.43. The van der Waals surface area contributed by atoms with Gasteiger partial charge in [0.05, 0.1) is 12.1 Å². The van der Waals surface area contributed by atoms with Crippen molar-refractivity contribution in [2.45, 2.75) is 24.9 Å². The van der Waals surface area contributed by atoms with Crippen molar-refractivity contribution in [2.75, 3.05) is 0 Å². The van der Waals surface area contributed by atoms with Crippen LogP contribution in [-0.2, 0) is 11.0 Å². The summed E-state index contributed by atoms with van der Waals surface area (Å²) in [6.45, 7) is 1.79. The highest BCUT2D eigenvalue weighted by molar-refractivity contribution is 14.1. The number of alkyl halides is 1. The number of hydrogen-bond acceptors (Lipinski definition) is 1. The predicted molar refractivity (Wildman–Crippen MR) is 102 cm³/mol. The van der Waals surface area contributed by atoms with E-state index in [1.54, 1.807) is 6.92 Å². The van der Waals surface area contributed by atoms with Gasteiger partial charge in [0, 0.05) is 16.9 Å². The molecule has 1 nitrogen and oxygen atoms in total. The van der Waals surface area contributed by atoms with Crippen LogP contribution in [0.1, 0.15) is 42.9 Å². The average Bonchev–Trinajstić information content (AvgIpc) is 2.68. The quantitative estimate of drug-likeness (QED) is 0.440. The van der Waals surface area contributed by atoms with E-state index < -0.39 is 0 Å². The van der Waals surface area contributed by atoms with Crippen LogP contribution in [0, 0.1) is 23.7 Å². The summed E-state index contributed by atoms with van der Waals surface area (Å²) in [5.41, 5.74) is 2.39. The van der Waals surface area contributed by atoms with Crippen molar-refractivity contribution in [3.63, 3.8) is 0 Å². The van der Waals surface area contributed by atoms with Gasteiger partial charge in [0.1, 0.15) is 0 Å². The lowest BCUT2D eigenvalue weighted by Gasteiger charge is -1.93. The minimum atomic E-state index is -0.117. The second kappa shape index (κ2) is 10.9. The minimum absolute atomic E-state index is 0.0373. The van der Waals surface area contributed by atoms with Crippen molar-refractivity contribution < 1.29 is 12.0 Å². The highest BCUT2D eigenvalue weighted by atomic mass is 127. The van der Waals surface area contributed by atoms with Gasteiger partial charge in [-0.25, -0.2) is 0 Å². The molecule has 0 heterocycles. The molecule has 22 heavy (non-hydrogen) atoms. The Morgan fingerprint density at radius 1 is 1.00 bits per heavy atom. The molecule has 0 amide bonds. The maximum atomic E-state index is 8.72. The van der Waals surface area contributed by atoms with E-state index in [-0.39, 0.29) is 43.2 Å². The molecule has 0 saturated carbocycles. The van der Waals surface area contributed by atoms with E-state index in [4.69, 9.17) is 12.0 Å². The summed E-state index contributed by atoms with van der Waals surface area (Å²) in [4.78, 5) is 0. The molecular weight excluding hydrogens is 383 g/mol. The molecule has 2 heteroatoms. The monoisotopic (exact) mass is 407 g/mol. The summed E-state index contributed by atoms with van der Waals surface area (Å²) >= 11 is 2.01. The van der Waals surface area contributed by atoms with Gasteiger partial charge in [-0.3, -0.25) is 0 Å². The van der Waals surface area contributed by atoms with Crippen LogP contribution in [0.25, 0.3) is 0 Å². The summed E-state index contributed by atoms with van der Waals surface area (Å²) < 4.78 is 38.1. The Morgan fingerprint density at radius 3 is 2.14 bits per heavy atom. The molecule has 0 saturated heterocycles. The standard InChI is InChI=1S/C10H9I.C10H10O/c2*1-2-3-9-4-6-10(8-11)7-5-9/h4-7H,8H2,1H3;4-7,11H,8H2,1H3/i1D,4D,5D,6D,7D;. The van der Waals surface area contributed by atoms with E-state index in [2.05, 4.69) is 23.7 Å². The summed E-state index contributed by atoms with van der Waals surface area (Å²) in [5.74, 6) is 10.7. The Labute approximate surface area is 153 Å². The fourth-order valence-electron chi connectivity index (χ4n) is 1.39. The lowest BCUT2D eigenvalue weighted by Crippen LogP contribution is -1.81. The minimum Gasteiger partial charge on any atom is -0.392 e. The number of rotatable bonds is 2. The first-order chi connectivity index (χ1) is 12.9. The van der Waals surface area contributed by atoms with E-state index in [1.807, 2.05) is 46.9 Å². The lowest BCUT2D eigenvalue weighted by molar-refractivity contribution is 0.282. The van der Waals surface area contributed by atoms with Crippen LogP contribution in [0.4, 0.5) is 0 Å². The normalized spacial score (nSPS) is 11.7. The first-order valence-corrected chi connectivity index (χ1v) is 7.99. The largest absolute Gasteiger partial charge is 0.392 e. The number of aliphatic hydroxyl groups excluding tert-OH is 1. The number of aliphatic hydroxyl groups is 1. The zero-order chi connectivity index (χ0) is 20.4. The molecule has 0 spiro atoms. The molecule has 0 aromatic heterocycles. The van der Waals surface area contributed by atoms with Crippen molar-refractivity contribution in [2.24, 2.45) is 0 Å². The number of benzene rings is 2. The van der Waals surface area contributed by atoms with Crippen molar-refractivity contribution in [3.8, 4) is 23.7 Å². The van der Waals surface area contributed by atoms with Crippen molar-refractivity contribution >= 4 is 22.6 Å². The molecule has 0 aliphatic carbocycles. The molecule has 0 radical (unpaired) electrons. The fourth-order valence-corrected chi connectivity index (χ4v) is 1.78. The smallest absolute Gasteiger partial charge is 0.0681 e. The Kier molecular flexibility index (Phi) is 5.83. The maximum absolute atomic E-state index is 8.72. The maximum Gasteiger partial charge on any atom is 0.0681 e. The van der Waals surface area contributed by atoms with Crippen molar-refractivity contribution in [1.82, 2.24) is 0 Å². The van der Waals surface area contributed by atoms with E-state index >= 15 is 0 Å². The van der Waals surface area contributed by atoms with Gasteiger partial charge in [0.25, 0.3) is 0 Å². The molecule has 0 aliphatic heterocycles. The van der Waals surface area contributed by atoms with Crippen molar-refractivity contribution in [3.05, 3.63) is 70.7 Å².